The van der Waals surface area contributed by atoms with E-state index in [1.165, 1.54) is 0 Å². The number of unbranched alkanes of at least 4 members (excludes halogenated alkanes) is 1. The Kier molecular flexibility index (Phi) is 17.3. The van der Waals surface area contributed by atoms with Crippen molar-refractivity contribution < 1.29 is 8.95 Å². The van der Waals surface area contributed by atoms with Crippen LogP contribution in [0.3, 0.4) is 0 Å². The number of rotatable bonds is 20. The molecule has 0 amide bonds. The second-order valence-corrected chi connectivity index (χ2v) is 13.0. The monoisotopic (exact) mass is 661 g/mol. The van der Waals surface area contributed by atoms with Gasteiger partial charge >= 0.3 is 0 Å². The summed E-state index contributed by atoms with van der Waals surface area (Å²) >= 11 is 0. The molecule has 256 valence electrons. The highest BCUT2D eigenvalue weighted by Gasteiger charge is 2.20. The van der Waals surface area contributed by atoms with Crippen LogP contribution in [0.4, 0.5) is 5.69 Å². The average molecular weight is 662 g/mol. The molecule has 0 aliphatic heterocycles. The van der Waals surface area contributed by atoms with Gasteiger partial charge in [0.25, 0.3) is 5.56 Å². The highest BCUT2D eigenvalue weighted by Crippen LogP contribution is 2.27. The van der Waals surface area contributed by atoms with Gasteiger partial charge in [0.2, 0.25) is 0 Å². The number of hydrogen-bond donors (Lipinski definition) is 3. The van der Waals surface area contributed by atoms with Crippen LogP contribution in [-0.2, 0) is 22.1 Å². The predicted molar refractivity (Wildman–Crippen MR) is 200 cm³/mol. The molecule has 9 heteroatoms. The lowest BCUT2D eigenvalue weighted by molar-refractivity contribution is 0.137. The third-order valence-corrected chi connectivity index (χ3v) is 9.24. The molecule has 1 aromatic heterocycles. The molecule has 47 heavy (non-hydrogen) atoms. The zero-order valence-electron chi connectivity index (χ0n) is 29.7. The lowest BCUT2D eigenvalue weighted by Gasteiger charge is -2.21. The van der Waals surface area contributed by atoms with Crippen LogP contribution < -0.4 is 10.9 Å². The lowest BCUT2D eigenvalue weighted by atomic mass is 10.0. The van der Waals surface area contributed by atoms with Crippen molar-refractivity contribution in [3.8, 4) is 11.4 Å². The Hall–Kier alpha value is -3.66. The highest BCUT2D eigenvalue weighted by molar-refractivity contribution is 7.82. The van der Waals surface area contributed by atoms with Gasteiger partial charge in [0.05, 0.1) is 16.7 Å². The minimum absolute atomic E-state index is 0.00908. The lowest BCUT2D eigenvalue weighted by Crippen LogP contribution is -2.24. The minimum atomic E-state index is -1.52. The number of nitrogens with one attached hydrogen (secondary N) is 3. The van der Waals surface area contributed by atoms with Gasteiger partial charge in [-0.15, -0.1) is 0 Å². The maximum Gasteiger partial charge on any atom is 0.275 e. The molecule has 0 aliphatic rings. The summed E-state index contributed by atoms with van der Waals surface area (Å²) in [5, 5.41) is 11.7. The van der Waals surface area contributed by atoms with Crippen LogP contribution in [0.15, 0.2) is 87.6 Å². The van der Waals surface area contributed by atoms with Crippen LogP contribution in [0.1, 0.15) is 84.4 Å². The molecule has 1 heterocycles. The summed E-state index contributed by atoms with van der Waals surface area (Å²) in [7, 11) is 3.69. The van der Waals surface area contributed by atoms with Crippen molar-refractivity contribution in [1.29, 1.82) is 5.41 Å². The maximum absolute atomic E-state index is 14.0. The topological polar surface area (TPSA) is 111 Å². The Bertz CT molecular complexity index is 1560. The third-order valence-electron chi connectivity index (χ3n) is 7.89. The second kappa shape index (κ2) is 20.5. The number of allylic oxidation sites excluding steroid dienone is 6. The molecule has 8 nitrogen and oxygen atoms in total. The Morgan fingerprint density at radius 1 is 1.23 bits per heavy atom. The van der Waals surface area contributed by atoms with Gasteiger partial charge in [0.1, 0.15) is 28.2 Å². The van der Waals surface area contributed by atoms with Crippen molar-refractivity contribution in [3.63, 3.8) is 0 Å². The molecular formula is C38H55N5O3S. The van der Waals surface area contributed by atoms with Crippen molar-refractivity contribution >= 4 is 22.4 Å². The van der Waals surface area contributed by atoms with E-state index in [1.54, 1.807) is 18.5 Å². The summed E-state index contributed by atoms with van der Waals surface area (Å²) in [6.45, 7) is 14.9. The minimum Gasteiger partial charge on any atom is -0.382 e. The molecule has 2 rings (SSSR count). The number of methoxy groups -OCH3 is 1. The van der Waals surface area contributed by atoms with E-state index in [2.05, 4.69) is 55.9 Å². The fourth-order valence-electron chi connectivity index (χ4n) is 5.18. The number of nitrogens with zero attached hydrogens (tertiary/aromatic N) is 2. The van der Waals surface area contributed by atoms with Gasteiger partial charge in [0.15, 0.2) is 0 Å². The van der Waals surface area contributed by atoms with Crippen LogP contribution in [0.2, 0.25) is 0 Å². The first-order valence-corrected chi connectivity index (χ1v) is 17.7. The number of benzene rings is 1. The first-order valence-electron chi connectivity index (χ1n) is 16.6. The van der Waals surface area contributed by atoms with Gasteiger partial charge in [-0.2, -0.15) is 0 Å². The molecule has 0 saturated carbocycles. The predicted octanol–water partition coefficient (Wildman–Crippen LogP) is 8.32. The van der Waals surface area contributed by atoms with Crippen LogP contribution in [0.25, 0.3) is 11.4 Å². The molecule has 2 aromatic rings. The molecule has 0 fully saturated rings. The van der Waals surface area contributed by atoms with Crippen LogP contribution in [0.5, 0.6) is 0 Å². The number of H-pyrrole nitrogens is 1. The SMILES string of the molecule is C=C(CC)/C(=C/C(/C=C\C)=C/C(CC)OC)CN(C)S(=O)c1ccc(CCC)c(-c2nc(C(=N)CCC/C=C/C)c(NC)c(=O)[nH]2)c1. The smallest absolute Gasteiger partial charge is 0.275 e. The standard InChI is InChI=1S/C38H55N5O3S/c1-10-15-16-17-20-34(39)35-36(40-7)38(44)42-37(41-35)33-25-32(22-21-29(33)19-12-3)47(45)43(8)26-30(27(6)13-4)23-28(18-11-2)24-31(14-5)46-9/h10-11,15,18,21-25,31,39-40H,6,12-14,16-17,19-20,26H2,1-5,7-9H3,(H,41,42,44)/b15-10+,18-11-,28-24+,30-23+,39-34?. The van der Waals surface area contributed by atoms with Gasteiger partial charge in [0, 0.05) is 33.3 Å². The van der Waals surface area contributed by atoms with Crippen molar-refractivity contribution in [2.45, 2.75) is 90.6 Å². The van der Waals surface area contributed by atoms with Crippen LogP contribution in [0, 0.1) is 5.41 Å². The quantitative estimate of drug-likeness (QED) is 0.0572. The van der Waals surface area contributed by atoms with E-state index in [1.807, 2.05) is 57.3 Å². The summed E-state index contributed by atoms with van der Waals surface area (Å²) in [5.41, 5.74) is 5.27. The van der Waals surface area contributed by atoms with Gasteiger partial charge in [-0.1, -0.05) is 75.8 Å². The van der Waals surface area contributed by atoms with Crippen LogP contribution >= 0.6 is 0 Å². The van der Waals surface area contributed by atoms with Crippen LogP contribution in [-0.4, -0.2) is 58.0 Å². The Labute approximate surface area is 284 Å². The number of aryl methyl sites for hydroxylation is 1. The van der Waals surface area contributed by atoms with Crippen molar-refractivity contribution in [3.05, 3.63) is 99.6 Å². The van der Waals surface area contributed by atoms with E-state index in [0.717, 1.165) is 60.8 Å². The number of hydrogen-bond acceptors (Lipinski definition) is 6. The molecule has 0 radical (unpaired) electrons. The Morgan fingerprint density at radius 2 is 1.98 bits per heavy atom. The first kappa shape index (κ1) is 39.5. The number of aromatic nitrogens is 2. The summed E-state index contributed by atoms with van der Waals surface area (Å²) in [6.07, 6.45) is 17.7. The highest BCUT2D eigenvalue weighted by atomic mass is 32.2. The first-order chi connectivity index (χ1) is 22.6. The summed E-state index contributed by atoms with van der Waals surface area (Å²) in [4.78, 5) is 21.6. The van der Waals surface area contributed by atoms with Crippen molar-refractivity contribution in [2.75, 3.05) is 33.1 Å². The van der Waals surface area contributed by atoms with E-state index in [9.17, 15) is 9.00 Å². The third kappa shape index (κ3) is 11.5. The fraction of sp³-hybridized carbons (Fsp3) is 0.447. The number of ether oxygens (including phenoxy) is 1. The van der Waals surface area contributed by atoms with E-state index in [-0.39, 0.29) is 17.4 Å². The average Bonchev–Trinajstić information content (AvgIpc) is 3.07. The van der Waals surface area contributed by atoms with Gasteiger partial charge < -0.3 is 20.4 Å². The number of anilines is 1. The molecular weight excluding hydrogens is 607 g/mol. The zero-order chi connectivity index (χ0) is 34.9. The van der Waals surface area contributed by atoms with Crippen molar-refractivity contribution in [1.82, 2.24) is 14.3 Å². The van der Waals surface area contributed by atoms with Gasteiger partial charge in [-0.05, 0) is 87.3 Å². The zero-order valence-corrected chi connectivity index (χ0v) is 30.5. The molecule has 0 aliphatic carbocycles. The molecule has 2 unspecified atom stereocenters. The largest absolute Gasteiger partial charge is 0.382 e. The maximum atomic E-state index is 14.0. The van der Waals surface area contributed by atoms with Gasteiger partial charge in [-0.25, -0.2) is 13.5 Å². The molecule has 1 aromatic carbocycles. The second-order valence-electron chi connectivity index (χ2n) is 11.4. The van der Waals surface area contributed by atoms with Crippen molar-refractivity contribution in [2.24, 2.45) is 0 Å². The van der Waals surface area contributed by atoms with E-state index in [4.69, 9.17) is 15.1 Å². The summed E-state index contributed by atoms with van der Waals surface area (Å²) in [5.74, 6) is 0.372. The Balaban J connectivity index is 2.57. The van der Waals surface area contributed by atoms with Gasteiger partial charge in [-0.3, -0.25) is 4.79 Å². The molecule has 0 saturated heterocycles. The molecule has 2 atom stereocenters. The number of likely N-dealkylation sites (N-methyl/N-ethyl adjacent to an activating group) is 1. The summed E-state index contributed by atoms with van der Waals surface area (Å²) in [6, 6.07) is 5.72. The fourth-order valence-corrected chi connectivity index (χ4v) is 6.20. The van der Waals surface area contributed by atoms with E-state index >= 15 is 0 Å². The number of aromatic amines is 1. The summed E-state index contributed by atoms with van der Waals surface area (Å²) < 4.78 is 21.4. The molecule has 3 N–H and O–H groups in total. The molecule has 0 spiro atoms. The Morgan fingerprint density at radius 3 is 2.57 bits per heavy atom. The molecule has 0 bridgehead atoms. The van der Waals surface area contributed by atoms with E-state index in [0.29, 0.717) is 40.7 Å². The normalized spacial score (nSPS) is 13.9. The van der Waals surface area contributed by atoms with E-state index < -0.39 is 11.0 Å².